The van der Waals surface area contributed by atoms with Crippen LogP contribution in [0.5, 0.6) is 0 Å². The van der Waals surface area contributed by atoms with Crippen molar-refractivity contribution in [1.82, 2.24) is 4.68 Å². The maximum absolute atomic E-state index is 11.5. The number of nitro groups is 1. The zero-order valence-corrected chi connectivity index (χ0v) is 19.4. The van der Waals surface area contributed by atoms with E-state index in [1.165, 1.54) is 23.0 Å². The van der Waals surface area contributed by atoms with E-state index in [0.29, 0.717) is 16.4 Å². The van der Waals surface area contributed by atoms with E-state index in [-0.39, 0.29) is 5.69 Å². The Morgan fingerprint density at radius 2 is 1.53 bits per heavy atom. The summed E-state index contributed by atoms with van der Waals surface area (Å²) in [5, 5.41) is 18.6. The molecule has 0 bridgehead atoms. The Balaban J connectivity index is 1.53. The zero-order chi connectivity index (χ0) is 23.3. The molecular weight excluding hydrogens is 444 g/mol. The summed E-state index contributed by atoms with van der Waals surface area (Å²) >= 11 is 1.44. The number of aromatic nitrogens is 1. The molecule has 1 saturated carbocycles. The molecule has 1 aliphatic carbocycles. The molecule has 0 unspecified atom stereocenters. The standard InChI is InChI=1S/C27H24N4O2S/c32-31(33)25-14-8-7-13-24(25)28-27-30(26(19-34-27)22-11-5-2-6-12-22)29-23-17-15-21(16-18-23)20-9-3-1-4-10-20/h1-14,19,21H,15-18H2. The van der Waals surface area contributed by atoms with Crippen LogP contribution in [-0.4, -0.2) is 15.3 Å². The fourth-order valence-electron chi connectivity index (χ4n) is 4.35. The molecule has 1 aliphatic rings. The van der Waals surface area contributed by atoms with Gasteiger partial charge in [0, 0.05) is 22.7 Å². The summed E-state index contributed by atoms with van der Waals surface area (Å²) in [5.74, 6) is 0.553. The largest absolute Gasteiger partial charge is 0.294 e. The molecule has 1 aromatic heterocycles. The van der Waals surface area contributed by atoms with Crippen LogP contribution in [0.1, 0.15) is 37.2 Å². The van der Waals surface area contributed by atoms with Crippen molar-refractivity contribution in [2.45, 2.75) is 31.6 Å². The Morgan fingerprint density at radius 1 is 0.882 bits per heavy atom. The second kappa shape index (κ2) is 9.97. The highest BCUT2D eigenvalue weighted by atomic mass is 32.1. The Kier molecular flexibility index (Phi) is 6.44. The molecule has 7 heteroatoms. The molecule has 0 saturated heterocycles. The molecule has 1 fully saturated rings. The van der Waals surface area contributed by atoms with Crippen molar-refractivity contribution >= 4 is 28.4 Å². The Hall–Kier alpha value is -3.84. The smallest absolute Gasteiger partial charge is 0.258 e. The van der Waals surface area contributed by atoms with Gasteiger partial charge in [0.2, 0.25) is 4.80 Å². The van der Waals surface area contributed by atoms with E-state index in [4.69, 9.17) is 5.10 Å². The Morgan fingerprint density at radius 3 is 2.24 bits per heavy atom. The summed E-state index contributed by atoms with van der Waals surface area (Å²) in [6.45, 7) is 0. The summed E-state index contributed by atoms with van der Waals surface area (Å²) in [5.41, 5.74) is 4.80. The highest BCUT2D eigenvalue weighted by Gasteiger charge is 2.20. The summed E-state index contributed by atoms with van der Waals surface area (Å²) in [4.78, 5) is 16.4. The van der Waals surface area contributed by atoms with Gasteiger partial charge in [0.25, 0.3) is 5.69 Å². The lowest BCUT2D eigenvalue weighted by Crippen LogP contribution is -2.18. The van der Waals surface area contributed by atoms with Crippen LogP contribution in [0, 0.1) is 10.1 Å². The monoisotopic (exact) mass is 468 g/mol. The topological polar surface area (TPSA) is 72.8 Å². The van der Waals surface area contributed by atoms with E-state index >= 15 is 0 Å². The molecular formula is C27H24N4O2S. The molecule has 0 radical (unpaired) electrons. The Bertz CT molecular complexity index is 1380. The van der Waals surface area contributed by atoms with Gasteiger partial charge < -0.3 is 0 Å². The highest BCUT2D eigenvalue weighted by molar-refractivity contribution is 7.07. The van der Waals surface area contributed by atoms with Crippen molar-refractivity contribution in [2.24, 2.45) is 10.1 Å². The third-order valence-corrected chi connectivity index (χ3v) is 6.94. The molecule has 0 N–H and O–H groups in total. The van der Waals surface area contributed by atoms with Crippen LogP contribution in [0.3, 0.4) is 0 Å². The van der Waals surface area contributed by atoms with E-state index in [9.17, 15) is 10.1 Å². The number of hydrogen-bond donors (Lipinski definition) is 0. The van der Waals surface area contributed by atoms with Gasteiger partial charge >= 0.3 is 0 Å². The lowest BCUT2D eigenvalue weighted by Gasteiger charge is -2.23. The second-order valence-corrected chi connectivity index (χ2v) is 9.13. The molecule has 34 heavy (non-hydrogen) atoms. The minimum absolute atomic E-state index is 0.0141. The van der Waals surface area contributed by atoms with Crippen molar-refractivity contribution < 1.29 is 4.92 Å². The molecule has 0 atom stereocenters. The van der Waals surface area contributed by atoms with Crippen LogP contribution in [0.2, 0.25) is 0 Å². The minimum Gasteiger partial charge on any atom is -0.258 e. The van der Waals surface area contributed by atoms with E-state index in [0.717, 1.165) is 42.7 Å². The van der Waals surface area contributed by atoms with Crippen LogP contribution in [0.25, 0.3) is 11.3 Å². The van der Waals surface area contributed by atoms with Gasteiger partial charge in [-0.1, -0.05) is 72.8 Å². The van der Waals surface area contributed by atoms with Crippen LogP contribution in [0.4, 0.5) is 11.4 Å². The second-order valence-electron chi connectivity index (χ2n) is 8.29. The first kappa shape index (κ1) is 22.0. The van der Waals surface area contributed by atoms with Gasteiger partial charge in [0.15, 0.2) is 0 Å². The molecule has 5 rings (SSSR count). The zero-order valence-electron chi connectivity index (χ0n) is 18.6. The molecule has 6 nitrogen and oxygen atoms in total. The van der Waals surface area contributed by atoms with Gasteiger partial charge in [-0.2, -0.15) is 5.10 Å². The van der Waals surface area contributed by atoms with Crippen LogP contribution in [0.15, 0.2) is 100 Å². The van der Waals surface area contributed by atoms with Crippen molar-refractivity contribution in [2.75, 3.05) is 0 Å². The van der Waals surface area contributed by atoms with E-state index < -0.39 is 4.92 Å². The van der Waals surface area contributed by atoms with E-state index in [1.807, 2.05) is 40.4 Å². The molecule has 0 amide bonds. The molecule has 0 aliphatic heterocycles. The average Bonchev–Trinajstić information content (AvgIpc) is 3.27. The number of benzene rings is 3. The fourth-order valence-corrected chi connectivity index (χ4v) is 5.19. The van der Waals surface area contributed by atoms with Gasteiger partial charge in [0.05, 0.1) is 10.6 Å². The van der Waals surface area contributed by atoms with Crippen molar-refractivity contribution in [1.29, 1.82) is 0 Å². The summed E-state index contributed by atoms with van der Waals surface area (Å²) in [7, 11) is 0. The predicted octanol–water partition coefficient (Wildman–Crippen LogP) is 6.92. The molecule has 1 heterocycles. The number of thiazole rings is 1. The first-order valence-corrected chi connectivity index (χ1v) is 12.2. The molecule has 4 aromatic rings. The highest BCUT2D eigenvalue weighted by Crippen LogP contribution is 2.32. The van der Waals surface area contributed by atoms with E-state index in [2.05, 4.69) is 35.3 Å². The number of para-hydroxylation sites is 2. The number of hydrogen-bond acceptors (Lipinski definition) is 5. The van der Waals surface area contributed by atoms with Crippen molar-refractivity contribution in [3.63, 3.8) is 0 Å². The van der Waals surface area contributed by atoms with Gasteiger partial charge in [0.1, 0.15) is 5.69 Å². The summed E-state index contributed by atoms with van der Waals surface area (Å²) in [6.07, 6.45) is 3.96. The summed E-state index contributed by atoms with van der Waals surface area (Å²) in [6, 6.07) is 27.3. The minimum atomic E-state index is -0.397. The predicted molar refractivity (Wildman–Crippen MR) is 137 cm³/mol. The quantitative estimate of drug-likeness (QED) is 0.236. The maximum atomic E-state index is 11.5. The van der Waals surface area contributed by atoms with Gasteiger partial charge in [-0.25, -0.2) is 9.67 Å². The first-order valence-electron chi connectivity index (χ1n) is 11.3. The first-order chi connectivity index (χ1) is 16.7. The molecule has 0 spiro atoms. The van der Waals surface area contributed by atoms with Crippen LogP contribution < -0.4 is 4.80 Å². The average molecular weight is 469 g/mol. The van der Waals surface area contributed by atoms with Gasteiger partial charge in [-0.05, 0) is 43.2 Å². The lowest BCUT2D eigenvalue weighted by atomic mass is 9.83. The normalized spacial score (nSPS) is 16.4. The third kappa shape index (κ3) is 4.75. The Labute approximate surface area is 201 Å². The SMILES string of the molecule is O=[N+]([O-])c1ccccc1N=c1scc(-c2ccccc2)n1N=C1CCC(c2ccccc2)CC1. The molecule has 3 aromatic carbocycles. The third-order valence-electron chi connectivity index (χ3n) is 6.12. The lowest BCUT2D eigenvalue weighted by molar-refractivity contribution is -0.384. The van der Waals surface area contributed by atoms with Gasteiger partial charge in [-0.3, -0.25) is 10.1 Å². The number of nitro benzene ring substituents is 1. The van der Waals surface area contributed by atoms with Gasteiger partial charge in [-0.15, -0.1) is 11.3 Å². The van der Waals surface area contributed by atoms with Crippen LogP contribution >= 0.6 is 11.3 Å². The van der Waals surface area contributed by atoms with Crippen molar-refractivity contribution in [3.8, 4) is 11.3 Å². The van der Waals surface area contributed by atoms with E-state index in [1.54, 1.807) is 18.2 Å². The fraction of sp³-hybridized carbons (Fsp3) is 0.185. The molecule has 170 valence electrons. The summed E-state index contributed by atoms with van der Waals surface area (Å²) < 4.78 is 1.86. The number of rotatable bonds is 5. The van der Waals surface area contributed by atoms with Crippen LogP contribution in [-0.2, 0) is 0 Å². The van der Waals surface area contributed by atoms with Crippen molar-refractivity contribution in [3.05, 3.63) is 111 Å². The maximum Gasteiger partial charge on any atom is 0.294 e. The number of nitrogens with zero attached hydrogens (tertiary/aromatic N) is 4.